The first-order valence-corrected chi connectivity index (χ1v) is 8.53. The average molecular weight is 340 g/mol. The van der Waals surface area contributed by atoms with E-state index < -0.39 is 10.9 Å². The van der Waals surface area contributed by atoms with E-state index in [0.717, 1.165) is 38.6 Å². The van der Waals surface area contributed by atoms with Crippen molar-refractivity contribution in [2.24, 2.45) is 7.05 Å². The number of fused-ring (bicyclic) bond motifs is 2. The number of para-hydroxylation sites is 2. The van der Waals surface area contributed by atoms with E-state index >= 15 is 0 Å². The molecule has 4 heteroatoms. The second-order valence-corrected chi connectivity index (χ2v) is 6.75. The molecule has 1 N–H and O–H groups in total. The summed E-state index contributed by atoms with van der Waals surface area (Å²) in [6.07, 6.45) is 1.94. The van der Waals surface area contributed by atoms with E-state index in [-0.39, 0.29) is 0 Å². The molecule has 3 aromatic carbocycles. The Kier molecular flexibility index (Phi) is 2.89. The average Bonchev–Trinajstić information content (AvgIpc) is 3.15. The number of nitrogens with zero attached hydrogens (tertiary/aromatic N) is 1. The molecule has 0 saturated carbocycles. The second kappa shape index (κ2) is 5.05. The van der Waals surface area contributed by atoms with Gasteiger partial charge in [-0.1, -0.05) is 36.4 Å². The van der Waals surface area contributed by atoms with Crippen molar-refractivity contribution < 1.29 is 0 Å². The van der Waals surface area contributed by atoms with Crippen molar-refractivity contribution >= 4 is 21.8 Å². The molecule has 0 aliphatic carbocycles. The van der Waals surface area contributed by atoms with Gasteiger partial charge in [0, 0.05) is 63.0 Å². The number of aromatic nitrogens is 2. The summed E-state index contributed by atoms with van der Waals surface area (Å²) in [7, 11) is 1.95. The fourth-order valence-electron chi connectivity index (χ4n) is 4.03. The molecular formula is C22H16N2O2. The maximum Gasteiger partial charge on any atom is 0.235 e. The Morgan fingerprint density at radius 2 is 1.46 bits per heavy atom. The molecule has 126 valence electrons. The van der Waals surface area contributed by atoms with E-state index in [1.54, 1.807) is 0 Å². The third kappa shape index (κ3) is 1.78. The number of hydrogen-bond donors (Lipinski definition) is 1. The van der Waals surface area contributed by atoms with Gasteiger partial charge in [-0.3, -0.25) is 9.59 Å². The van der Waals surface area contributed by atoms with Crippen LogP contribution < -0.4 is 10.9 Å². The van der Waals surface area contributed by atoms with E-state index in [2.05, 4.69) is 4.98 Å². The van der Waals surface area contributed by atoms with Crippen molar-refractivity contribution in [1.82, 2.24) is 9.55 Å². The molecule has 2 aromatic heterocycles. The van der Waals surface area contributed by atoms with Crippen LogP contribution in [-0.2, 0) is 7.05 Å². The summed E-state index contributed by atoms with van der Waals surface area (Å²) < 4.78 is 1.99. The summed E-state index contributed by atoms with van der Waals surface area (Å²) >= 11 is 0. The zero-order chi connectivity index (χ0) is 18.0. The summed E-state index contributed by atoms with van der Waals surface area (Å²) in [5.74, 6) is 0. The lowest BCUT2D eigenvalue weighted by Gasteiger charge is -2.11. The minimum absolute atomic E-state index is 0.402. The summed E-state index contributed by atoms with van der Waals surface area (Å²) in [5.41, 5.74) is 4.83. The van der Waals surface area contributed by atoms with Crippen LogP contribution in [0.3, 0.4) is 0 Å². The molecule has 0 fully saturated rings. The van der Waals surface area contributed by atoms with Gasteiger partial charge in [-0.2, -0.15) is 0 Å². The molecule has 0 atom stereocenters. The Bertz CT molecular complexity index is 1390. The zero-order valence-electron chi connectivity index (χ0n) is 14.5. The van der Waals surface area contributed by atoms with Crippen LogP contribution in [0.2, 0.25) is 0 Å². The second-order valence-electron chi connectivity index (χ2n) is 6.75. The number of H-pyrrole nitrogens is 1. The maximum absolute atomic E-state index is 12.6. The molecule has 0 bridgehead atoms. The smallest absolute Gasteiger partial charge is 0.235 e. The number of rotatable bonds is 2. The van der Waals surface area contributed by atoms with Crippen molar-refractivity contribution in [1.29, 1.82) is 0 Å². The maximum atomic E-state index is 12.6. The molecule has 5 aromatic rings. The Morgan fingerprint density at radius 3 is 2.27 bits per heavy atom. The van der Waals surface area contributed by atoms with Gasteiger partial charge in [-0.15, -0.1) is 0 Å². The minimum atomic E-state index is -0.402. The van der Waals surface area contributed by atoms with E-state index in [1.165, 1.54) is 0 Å². The molecule has 0 radical (unpaired) electrons. The van der Waals surface area contributed by atoms with Gasteiger partial charge < -0.3 is 9.55 Å². The van der Waals surface area contributed by atoms with Gasteiger partial charge in [0.15, 0.2) is 0 Å². The Balaban J connectivity index is 1.87. The molecule has 2 heterocycles. The first-order valence-electron chi connectivity index (χ1n) is 8.53. The molecule has 0 amide bonds. The Morgan fingerprint density at radius 1 is 0.808 bits per heavy atom. The molecule has 4 nitrogen and oxygen atoms in total. The number of nitrogens with one attached hydrogen (secondary N) is 1. The molecule has 0 spiro atoms. The predicted molar refractivity (Wildman–Crippen MR) is 105 cm³/mol. The van der Waals surface area contributed by atoms with E-state index in [4.69, 9.17) is 0 Å². The van der Waals surface area contributed by atoms with Gasteiger partial charge in [0.05, 0.1) is 0 Å². The highest BCUT2D eigenvalue weighted by Gasteiger charge is 2.28. The molecule has 0 aliphatic rings. The Hall–Kier alpha value is -3.40. The molecule has 0 unspecified atom stereocenters. The lowest BCUT2D eigenvalue weighted by Crippen LogP contribution is -2.35. The summed E-state index contributed by atoms with van der Waals surface area (Å²) in [5, 5.41) is 1.96. The fourth-order valence-corrected chi connectivity index (χ4v) is 4.03. The summed E-state index contributed by atoms with van der Waals surface area (Å²) in [6.45, 7) is 1.94. The molecule has 0 aliphatic heterocycles. The number of hydrogen-bond acceptors (Lipinski definition) is 2. The Labute approximate surface area is 149 Å². The third-order valence-corrected chi connectivity index (χ3v) is 5.22. The predicted octanol–water partition coefficient (Wildman–Crippen LogP) is 3.90. The van der Waals surface area contributed by atoms with Crippen LogP contribution in [0.4, 0.5) is 0 Å². The number of benzene rings is 2. The van der Waals surface area contributed by atoms with Crippen LogP contribution in [-0.4, -0.2) is 9.55 Å². The van der Waals surface area contributed by atoms with Gasteiger partial charge >= 0.3 is 0 Å². The van der Waals surface area contributed by atoms with E-state index in [0.29, 0.717) is 11.1 Å². The van der Waals surface area contributed by atoms with Gasteiger partial charge in [0.25, 0.3) is 0 Å². The van der Waals surface area contributed by atoms with Gasteiger partial charge in [0.1, 0.15) is 0 Å². The van der Waals surface area contributed by atoms with Crippen LogP contribution in [0.25, 0.3) is 44.1 Å². The summed E-state index contributed by atoms with van der Waals surface area (Å²) in [4.78, 5) is 28.4. The molecule has 26 heavy (non-hydrogen) atoms. The quantitative estimate of drug-likeness (QED) is 0.496. The van der Waals surface area contributed by atoms with Crippen molar-refractivity contribution in [2.75, 3.05) is 0 Å². The zero-order valence-corrected chi connectivity index (χ0v) is 14.5. The van der Waals surface area contributed by atoms with Crippen molar-refractivity contribution in [3.63, 3.8) is 0 Å². The number of aryl methyl sites for hydroxylation is 2. The van der Waals surface area contributed by atoms with Gasteiger partial charge in [0.2, 0.25) is 10.9 Å². The molecule has 0 saturated heterocycles. The van der Waals surface area contributed by atoms with E-state index in [1.807, 2.05) is 73.3 Å². The van der Waals surface area contributed by atoms with Crippen molar-refractivity contribution in [3.05, 3.63) is 80.9 Å². The highest BCUT2D eigenvalue weighted by atomic mass is 16.2. The van der Waals surface area contributed by atoms with Crippen LogP contribution in [0.1, 0.15) is 5.69 Å². The monoisotopic (exact) mass is 340 g/mol. The molecular weight excluding hydrogens is 324 g/mol. The van der Waals surface area contributed by atoms with Crippen LogP contribution in [0.5, 0.6) is 0 Å². The first-order chi connectivity index (χ1) is 12.6. The third-order valence-electron chi connectivity index (χ3n) is 5.22. The lowest BCUT2D eigenvalue weighted by molar-refractivity contribution is 0.970. The van der Waals surface area contributed by atoms with Crippen LogP contribution >= 0.6 is 0 Å². The van der Waals surface area contributed by atoms with Gasteiger partial charge in [-0.25, -0.2) is 0 Å². The first kappa shape index (κ1) is 14.9. The van der Waals surface area contributed by atoms with Gasteiger partial charge in [-0.05, 0) is 19.1 Å². The lowest BCUT2D eigenvalue weighted by atomic mass is 9.88. The number of aromatic amines is 1. The van der Waals surface area contributed by atoms with Crippen molar-refractivity contribution in [2.45, 2.75) is 6.92 Å². The SMILES string of the molecule is Cc1[nH]c2ccccc2c1-c1c(-c2cn(C)c3ccccc23)c(=O)c1=O. The van der Waals surface area contributed by atoms with Crippen LogP contribution in [0.15, 0.2) is 64.3 Å². The topological polar surface area (TPSA) is 54.9 Å². The minimum Gasteiger partial charge on any atom is -0.358 e. The van der Waals surface area contributed by atoms with Crippen LogP contribution in [0, 0.1) is 6.92 Å². The van der Waals surface area contributed by atoms with Crippen molar-refractivity contribution in [3.8, 4) is 22.3 Å². The highest BCUT2D eigenvalue weighted by molar-refractivity contribution is 6.07. The highest BCUT2D eigenvalue weighted by Crippen LogP contribution is 2.38. The molecule has 5 rings (SSSR count). The largest absolute Gasteiger partial charge is 0.358 e. The normalized spacial score (nSPS) is 11.8. The fraction of sp³-hybridized carbons (Fsp3) is 0.0909. The summed E-state index contributed by atoms with van der Waals surface area (Å²) in [6, 6.07) is 15.8. The van der Waals surface area contributed by atoms with E-state index in [9.17, 15) is 9.59 Å². The standard InChI is InChI=1S/C22H16N2O2/c1-12-18(14-8-3-5-9-16(14)23-12)20-19(21(25)22(20)26)15-11-24(2)17-10-6-4-7-13(15)17/h3-11,23H,1-2H3.